The number of fused-ring (bicyclic) bond motifs is 1. The normalized spacial score (nSPS) is 14.6. The SMILES string of the molecule is Cc1cccc(-c2noc(-c3sc4ncn(CC(=O)NC5CCCCC5)c(=O)c4c3C)n2)c1. The number of thiophene rings is 1. The molecular formula is C24H25N5O3S. The molecule has 1 saturated carbocycles. The highest BCUT2D eigenvalue weighted by molar-refractivity contribution is 7.22. The average Bonchev–Trinajstić information content (AvgIpc) is 3.42. The van der Waals surface area contributed by atoms with Gasteiger partial charge in [-0.15, -0.1) is 11.3 Å². The molecule has 1 N–H and O–H groups in total. The highest BCUT2D eigenvalue weighted by Gasteiger charge is 2.22. The molecule has 1 fully saturated rings. The molecule has 1 amide bonds. The molecule has 0 unspecified atom stereocenters. The van der Waals surface area contributed by atoms with Crippen molar-refractivity contribution in [2.75, 3.05) is 0 Å². The van der Waals surface area contributed by atoms with Crippen molar-refractivity contribution in [3.8, 4) is 22.2 Å². The first-order valence-electron chi connectivity index (χ1n) is 11.2. The third-order valence-electron chi connectivity index (χ3n) is 6.10. The molecule has 0 saturated heterocycles. The van der Waals surface area contributed by atoms with Crippen molar-refractivity contribution in [2.45, 2.75) is 58.5 Å². The van der Waals surface area contributed by atoms with Crippen LogP contribution in [-0.4, -0.2) is 31.6 Å². The molecule has 3 aromatic heterocycles. The van der Waals surface area contributed by atoms with Crippen LogP contribution in [0.2, 0.25) is 0 Å². The Morgan fingerprint density at radius 3 is 2.85 bits per heavy atom. The Balaban J connectivity index is 1.42. The van der Waals surface area contributed by atoms with Gasteiger partial charge in [0.1, 0.15) is 11.4 Å². The summed E-state index contributed by atoms with van der Waals surface area (Å²) in [4.78, 5) is 36.0. The van der Waals surface area contributed by atoms with E-state index in [9.17, 15) is 9.59 Å². The van der Waals surface area contributed by atoms with Crippen molar-refractivity contribution >= 4 is 27.5 Å². The third kappa shape index (κ3) is 4.32. The second-order valence-corrected chi connectivity index (χ2v) is 9.61. The van der Waals surface area contributed by atoms with Crippen LogP contribution in [0.3, 0.4) is 0 Å². The minimum Gasteiger partial charge on any atom is -0.352 e. The van der Waals surface area contributed by atoms with Crippen molar-refractivity contribution in [3.05, 3.63) is 52.1 Å². The topological polar surface area (TPSA) is 103 Å². The molecule has 1 aliphatic carbocycles. The van der Waals surface area contributed by atoms with Crippen LogP contribution in [0.25, 0.3) is 32.4 Å². The van der Waals surface area contributed by atoms with Gasteiger partial charge in [0, 0.05) is 11.6 Å². The zero-order valence-electron chi connectivity index (χ0n) is 18.6. The van der Waals surface area contributed by atoms with E-state index in [4.69, 9.17) is 4.52 Å². The fourth-order valence-corrected chi connectivity index (χ4v) is 5.43. The number of aryl methyl sites for hydroxylation is 2. The molecule has 5 rings (SSSR count). The summed E-state index contributed by atoms with van der Waals surface area (Å²) in [5.41, 5.74) is 2.47. The number of benzene rings is 1. The number of nitrogens with one attached hydrogen (secondary N) is 1. The largest absolute Gasteiger partial charge is 0.352 e. The van der Waals surface area contributed by atoms with Crippen molar-refractivity contribution < 1.29 is 9.32 Å². The second kappa shape index (κ2) is 8.90. The number of carbonyl (C=O) groups excluding carboxylic acids is 1. The molecule has 8 nitrogen and oxygen atoms in total. The van der Waals surface area contributed by atoms with Gasteiger partial charge < -0.3 is 9.84 Å². The lowest BCUT2D eigenvalue weighted by molar-refractivity contribution is -0.122. The van der Waals surface area contributed by atoms with Crippen molar-refractivity contribution in [3.63, 3.8) is 0 Å². The van der Waals surface area contributed by atoms with Crippen LogP contribution in [-0.2, 0) is 11.3 Å². The summed E-state index contributed by atoms with van der Waals surface area (Å²) >= 11 is 1.34. The zero-order valence-corrected chi connectivity index (χ0v) is 19.4. The van der Waals surface area contributed by atoms with Gasteiger partial charge in [-0.1, -0.05) is 48.2 Å². The van der Waals surface area contributed by atoms with E-state index >= 15 is 0 Å². The Morgan fingerprint density at radius 1 is 1.24 bits per heavy atom. The number of hydrogen-bond donors (Lipinski definition) is 1. The smallest absolute Gasteiger partial charge is 0.268 e. The van der Waals surface area contributed by atoms with E-state index in [0.717, 1.165) is 42.4 Å². The van der Waals surface area contributed by atoms with Gasteiger partial charge in [0.25, 0.3) is 11.4 Å². The summed E-state index contributed by atoms with van der Waals surface area (Å²) in [6.07, 6.45) is 6.93. The fraction of sp³-hybridized carbons (Fsp3) is 0.375. The standard InChI is InChI=1S/C24H25N5O3S/c1-14-7-6-8-16(11-14)21-27-22(32-28-21)20-15(2)19-23(33-20)25-13-29(24(19)31)12-18(30)26-17-9-4-3-5-10-17/h6-8,11,13,17H,3-5,9-10,12H2,1-2H3,(H,26,30). The number of nitrogens with zero attached hydrogens (tertiary/aromatic N) is 4. The summed E-state index contributed by atoms with van der Waals surface area (Å²) in [6.45, 7) is 3.81. The van der Waals surface area contributed by atoms with Gasteiger partial charge in [-0.05, 0) is 38.3 Å². The molecule has 1 aromatic carbocycles. The third-order valence-corrected chi connectivity index (χ3v) is 7.29. The predicted molar refractivity (Wildman–Crippen MR) is 127 cm³/mol. The molecule has 1 aliphatic rings. The predicted octanol–water partition coefficient (Wildman–Crippen LogP) is 4.24. The Labute approximate surface area is 194 Å². The second-order valence-electron chi connectivity index (χ2n) is 8.61. The van der Waals surface area contributed by atoms with Crippen LogP contribution in [0.15, 0.2) is 39.9 Å². The van der Waals surface area contributed by atoms with Crippen LogP contribution < -0.4 is 10.9 Å². The van der Waals surface area contributed by atoms with Crippen LogP contribution in [0.5, 0.6) is 0 Å². The number of amides is 1. The fourth-order valence-electron chi connectivity index (χ4n) is 4.37. The minimum atomic E-state index is -0.239. The van der Waals surface area contributed by atoms with Gasteiger partial charge in [-0.3, -0.25) is 14.2 Å². The maximum Gasteiger partial charge on any atom is 0.268 e. The molecule has 0 spiro atoms. The summed E-state index contributed by atoms with van der Waals surface area (Å²) in [6, 6.07) is 8.08. The summed E-state index contributed by atoms with van der Waals surface area (Å²) in [7, 11) is 0. The Morgan fingerprint density at radius 2 is 2.06 bits per heavy atom. The maximum absolute atomic E-state index is 13.2. The molecular weight excluding hydrogens is 438 g/mol. The molecule has 3 heterocycles. The zero-order chi connectivity index (χ0) is 22.9. The van der Waals surface area contributed by atoms with Gasteiger partial charge in [-0.25, -0.2) is 4.98 Å². The lowest BCUT2D eigenvalue weighted by atomic mass is 9.95. The number of hydrogen-bond acceptors (Lipinski definition) is 7. The van der Waals surface area contributed by atoms with E-state index < -0.39 is 0 Å². The molecule has 0 radical (unpaired) electrons. The highest BCUT2D eigenvalue weighted by Crippen LogP contribution is 2.35. The Hall–Kier alpha value is -3.33. The first kappa shape index (κ1) is 21.5. The minimum absolute atomic E-state index is 0.0407. The monoisotopic (exact) mass is 463 g/mol. The van der Waals surface area contributed by atoms with E-state index in [1.54, 1.807) is 0 Å². The lowest BCUT2D eigenvalue weighted by Crippen LogP contribution is -2.39. The molecule has 170 valence electrons. The lowest BCUT2D eigenvalue weighted by Gasteiger charge is -2.22. The molecule has 9 heteroatoms. The molecule has 33 heavy (non-hydrogen) atoms. The van der Waals surface area contributed by atoms with Gasteiger partial charge in [0.2, 0.25) is 11.7 Å². The molecule has 4 aromatic rings. The summed E-state index contributed by atoms with van der Waals surface area (Å²) in [5, 5.41) is 7.65. The number of carbonyl (C=O) groups is 1. The first-order valence-corrected chi connectivity index (χ1v) is 12.0. The van der Waals surface area contributed by atoms with Gasteiger partial charge in [0.05, 0.1) is 16.6 Å². The van der Waals surface area contributed by atoms with Crippen LogP contribution in [0.1, 0.15) is 43.2 Å². The van der Waals surface area contributed by atoms with E-state index in [-0.39, 0.29) is 24.1 Å². The van der Waals surface area contributed by atoms with Crippen molar-refractivity contribution in [1.82, 2.24) is 25.0 Å². The van der Waals surface area contributed by atoms with E-state index in [0.29, 0.717) is 26.8 Å². The van der Waals surface area contributed by atoms with Crippen LogP contribution in [0.4, 0.5) is 0 Å². The Bertz CT molecular complexity index is 1380. The quantitative estimate of drug-likeness (QED) is 0.475. The van der Waals surface area contributed by atoms with Crippen LogP contribution in [0, 0.1) is 13.8 Å². The van der Waals surface area contributed by atoms with Crippen molar-refractivity contribution in [2.24, 2.45) is 0 Å². The number of rotatable bonds is 5. The molecule has 0 bridgehead atoms. The maximum atomic E-state index is 13.2. The number of aromatic nitrogens is 4. The molecule has 0 aliphatic heterocycles. The van der Waals surface area contributed by atoms with Gasteiger partial charge >= 0.3 is 0 Å². The van der Waals surface area contributed by atoms with Gasteiger partial charge in [-0.2, -0.15) is 4.98 Å². The summed E-state index contributed by atoms with van der Waals surface area (Å²) < 4.78 is 6.89. The summed E-state index contributed by atoms with van der Waals surface area (Å²) in [5.74, 6) is 0.696. The van der Waals surface area contributed by atoms with Crippen LogP contribution >= 0.6 is 11.3 Å². The van der Waals surface area contributed by atoms with E-state index in [1.807, 2.05) is 38.1 Å². The Kier molecular flexibility index (Phi) is 5.80. The molecule has 0 atom stereocenters. The first-order chi connectivity index (χ1) is 16.0. The van der Waals surface area contributed by atoms with Crippen molar-refractivity contribution in [1.29, 1.82) is 0 Å². The average molecular weight is 464 g/mol. The van der Waals surface area contributed by atoms with Gasteiger partial charge in [0.15, 0.2) is 0 Å². The highest BCUT2D eigenvalue weighted by atomic mass is 32.1. The van der Waals surface area contributed by atoms with E-state index in [1.165, 1.54) is 28.7 Å². The van der Waals surface area contributed by atoms with E-state index in [2.05, 4.69) is 20.4 Å².